The lowest BCUT2D eigenvalue weighted by atomic mass is 9.91. The number of pyridine rings is 1. The number of aromatic nitrogens is 1. The molecule has 0 fully saturated rings. The summed E-state index contributed by atoms with van der Waals surface area (Å²) in [6, 6.07) is 12.4. The first-order valence-electron chi connectivity index (χ1n) is 12.1. The second-order valence-electron chi connectivity index (χ2n) is 9.42. The molecule has 1 aromatic carbocycles. The van der Waals surface area contributed by atoms with Crippen molar-refractivity contribution in [2.45, 2.75) is 72.8 Å². The zero-order valence-electron chi connectivity index (χ0n) is 20.2. The van der Waals surface area contributed by atoms with Crippen LogP contribution in [0.25, 0.3) is 0 Å². The highest BCUT2D eigenvalue weighted by molar-refractivity contribution is 6.07. The Morgan fingerprint density at radius 2 is 1.84 bits per heavy atom. The fourth-order valence-corrected chi connectivity index (χ4v) is 4.18. The van der Waals surface area contributed by atoms with Crippen LogP contribution in [-0.2, 0) is 17.8 Å². The van der Waals surface area contributed by atoms with Gasteiger partial charge in [0, 0.05) is 23.2 Å². The van der Waals surface area contributed by atoms with Crippen molar-refractivity contribution >= 4 is 11.6 Å². The molecule has 2 unspecified atom stereocenters. The Labute approximate surface area is 194 Å². The zero-order chi connectivity index (χ0) is 22.9. The van der Waals surface area contributed by atoms with Gasteiger partial charge in [0.2, 0.25) is 0 Å². The van der Waals surface area contributed by atoms with Crippen molar-refractivity contribution < 1.29 is 4.79 Å². The highest BCUT2D eigenvalue weighted by Crippen LogP contribution is 2.23. The average Bonchev–Trinajstić information content (AvgIpc) is 2.82. The quantitative estimate of drug-likeness (QED) is 0.399. The maximum atomic E-state index is 13.3. The SMILES string of the molecule is CCC(C)CC(C)CCc1ccc(CN(C(=O)C2=CCCC=C2)c2ccc(C)cc2)cn1. The van der Waals surface area contributed by atoms with E-state index in [1.807, 2.05) is 35.4 Å². The number of carbonyl (C=O) groups is 1. The summed E-state index contributed by atoms with van der Waals surface area (Å²) in [5.74, 6) is 1.56. The first kappa shape index (κ1) is 24.0. The van der Waals surface area contributed by atoms with Gasteiger partial charge in [-0.25, -0.2) is 0 Å². The summed E-state index contributed by atoms with van der Waals surface area (Å²) in [4.78, 5) is 19.9. The van der Waals surface area contributed by atoms with E-state index in [0.717, 1.165) is 53.6 Å². The summed E-state index contributed by atoms with van der Waals surface area (Å²) in [5.41, 5.74) is 5.07. The van der Waals surface area contributed by atoms with Crippen LogP contribution in [0.3, 0.4) is 0 Å². The summed E-state index contributed by atoms with van der Waals surface area (Å²) in [6.45, 7) is 9.53. The van der Waals surface area contributed by atoms with E-state index in [2.05, 4.69) is 58.0 Å². The van der Waals surface area contributed by atoms with Crippen molar-refractivity contribution in [1.82, 2.24) is 4.98 Å². The topological polar surface area (TPSA) is 33.2 Å². The number of anilines is 1. The van der Waals surface area contributed by atoms with Gasteiger partial charge in [-0.05, 0) is 74.6 Å². The summed E-state index contributed by atoms with van der Waals surface area (Å²) in [5, 5.41) is 0. The van der Waals surface area contributed by atoms with Crippen molar-refractivity contribution in [2.24, 2.45) is 11.8 Å². The molecule has 0 aliphatic heterocycles. The summed E-state index contributed by atoms with van der Waals surface area (Å²) in [7, 11) is 0. The fraction of sp³-hybridized carbons (Fsp3) is 0.448. The van der Waals surface area contributed by atoms with Crippen molar-refractivity contribution in [1.29, 1.82) is 0 Å². The predicted molar refractivity (Wildman–Crippen MR) is 135 cm³/mol. The van der Waals surface area contributed by atoms with Crippen LogP contribution in [0.4, 0.5) is 5.69 Å². The van der Waals surface area contributed by atoms with E-state index in [0.29, 0.717) is 6.54 Å². The van der Waals surface area contributed by atoms with E-state index in [4.69, 9.17) is 4.98 Å². The minimum Gasteiger partial charge on any atom is -0.304 e. The smallest absolute Gasteiger partial charge is 0.258 e. The zero-order valence-corrected chi connectivity index (χ0v) is 20.2. The van der Waals surface area contributed by atoms with Crippen LogP contribution in [0, 0.1) is 18.8 Å². The Bertz CT molecular complexity index is 925. The van der Waals surface area contributed by atoms with Gasteiger partial charge in [0.1, 0.15) is 0 Å². The third-order valence-electron chi connectivity index (χ3n) is 6.45. The molecule has 1 amide bonds. The number of carbonyl (C=O) groups excluding carboxylic acids is 1. The molecule has 1 aliphatic carbocycles. The number of nitrogens with zero attached hydrogens (tertiary/aromatic N) is 2. The molecule has 0 saturated heterocycles. The molecule has 1 heterocycles. The summed E-state index contributed by atoms with van der Waals surface area (Å²) < 4.78 is 0. The molecule has 0 saturated carbocycles. The molecule has 0 radical (unpaired) electrons. The van der Waals surface area contributed by atoms with E-state index in [9.17, 15) is 4.79 Å². The Kier molecular flexibility index (Phi) is 8.84. The van der Waals surface area contributed by atoms with Gasteiger partial charge in [-0.1, -0.05) is 69.2 Å². The van der Waals surface area contributed by atoms with Crippen LogP contribution in [-0.4, -0.2) is 10.9 Å². The van der Waals surface area contributed by atoms with Crippen molar-refractivity contribution in [3.05, 3.63) is 83.2 Å². The number of aryl methyl sites for hydroxylation is 2. The van der Waals surface area contributed by atoms with Crippen LogP contribution >= 0.6 is 0 Å². The van der Waals surface area contributed by atoms with Gasteiger partial charge in [0.25, 0.3) is 5.91 Å². The normalized spacial score (nSPS) is 15.2. The number of benzene rings is 1. The van der Waals surface area contributed by atoms with Crippen molar-refractivity contribution in [2.75, 3.05) is 4.90 Å². The Hall–Kier alpha value is -2.68. The lowest BCUT2D eigenvalue weighted by Gasteiger charge is -2.24. The van der Waals surface area contributed by atoms with Gasteiger partial charge in [0.15, 0.2) is 0 Å². The molecule has 170 valence electrons. The number of allylic oxidation sites excluding steroid dienone is 2. The van der Waals surface area contributed by atoms with E-state index < -0.39 is 0 Å². The molecule has 3 rings (SSSR count). The molecule has 0 N–H and O–H groups in total. The molecule has 3 nitrogen and oxygen atoms in total. The molecule has 0 spiro atoms. The van der Waals surface area contributed by atoms with Crippen LogP contribution < -0.4 is 4.90 Å². The molecule has 1 aliphatic rings. The summed E-state index contributed by atoms with van der Waals surface area (Å²) in [6.07, 6.45) is 14.7. The van der Waals surface area contributed by atoms with Gasteiger partial charge in [-0.2, -0.15) is 0 Å². The third-order valence-corrected chi connectivity index (χ3v) is 6.45. The lowest BCUT2D eigenvalue weighted by Crippen LogP contribution is -2.31. The lowest BCUT2D eigenvalue weighted by molar-refractivity contribution is -0.115. The maximum Gasteiger partial charge on any atom is 0.258 e. The molecular formula is C29H38N2O. The third kappa shape index (κ3) is 6.91. The standard InChI is InChI=1S/C29H38N2O/c1-5-22(2)19-24(4)11-15-27-16-14-25(20-30-27)21-31(28-17-12-23(3)13-18-28)29(32)26-9-7-6-8-10-26/h7,9-10,12-14,16-18,20,22,24H,5-6,8,11,15,19,21H2,1-4H3. The van der Waals surface area contributed by atoms with Gasteiger partial charge in [-0.3, -0.25) is 9.78 Å². The van der Waals surface area contributed by atoms with Crippen LogP contribution in [0.5, 0.6) is 0 Å². The predicted octanol–water partition coefficient (Wildman–Crippen LogP) is 7.20. The molecule has 1 aromatic heterocycles. The molecule has 2 atom stereocenters. The van der Waals surface area contributed by atoms with E-state index in [-0.39, 0.29) is 5.91 Å². The van der Waals surface area contributed by atoms with Crippen LogP contribution in [0.2, 0.25) is 0 Å². The van der Waals surface area contributed by atoms with E-state index >= 15 is 0 Å². The number of rotatable bonds is 10. The average molecular weight is 431 g/mol. The number of hydrogen-bond acceptors (Lipinski definition) is 2. The first-order chi connectivity index (χ1) is 15.5. The Balaban J connectivity index is 1.69. The largest absolute Gasteiger partial charge is 0.304 e. The van der Waals surface area contributed by atoms with Crippen molar-refractivity contribution in [3.8, 4) is 0 Å². The van der Waals surface area contributed by atoms with Gasteiger partial charge in [0.05, 0.1) is 6.54 Å². The second kappa shape index (κ2) is 11.8. The highest BCUT2D eigenvalue weighted by atomic mass is 16.2. The van der Waals surface area contributed by atoms with Gasteiger partial charge < -0.3 is 4.90 Å². The van der Waals surface area contributed by atoms with Crippen molar-refractivity contribution in [3.63, 3.8) is 0 Å². The van der Waals surface area contributed by atoms with Gasteiger partial charge >= 0.3 is 0 Å². The molecule has 0 bridgehead atoms. The monoisotopic (exact) mass is 430 g/mol. The maximum absolute atomic E-state index is 13.3. The van der Waals surface area contributed by atoms with E-state index in [1.54, 1.807) is 0 Å². The molecule has 2 aromatic rings. The summed E-state index contributed by atoms with van der Waals surface area (Å²) >= 11 is 0. The minimum atomic E-state index is 0.0488. The Morgan fingerprint density at radius 1 is 1.06 bits per heavy atom. The van der Waals surface area contributed by atoms with Crippen LogP contribution in [0.1, 0.15) is 69.7 Å². The molecule has 32 heavy (non-hydrogen) atoms. The Morgan fingerprint density at radius 3 is 2.47 bits per heavy atom. The number of amides is 1. The highest BCUT2D eigenvalue weighted by Gasteiger charge is 2.20. The molecular weight excluding hydrogens is 392 g/mol. The fourth-order valence-electron chi connectivity index (χ4n) is 4.18. The molecule has 3 heteroatoms. The second-order valence-corrected chi connectivity index (χ2v) is 9.42. The van der Waals surface area contributed by atoms with E-state index in [1.165, 1.54) is 24.8 Å². The van der Waals surface area contributed by atoms with Crippen LogP contribution in [0.15, 0.2) is 66.4 Å². The van der Waals surface area contributed by atoms with Gasteiger partial charge in [-0.15, -0.1) is 0 Å². The number of hydrogen-bond donors (Lipinski definition) is 0. The first-order valence-corrected chi connectivity index (χ1v) is 12.1. The minimum absolute atomic E-state index is 0.0488.